The van der Waals surface area contributed by atoms with Crippen LogP contribution in [0.1, 0.15) is 24.8 Å². The fourth-order valence-electron chi connectivity index (χ4n) is 2.36. The van der Waals surface area contributed by atoms with Crippen LogP contribution in [0.3, 0.4) is 0 Å². The molecule has 1 aliphatic heterocycles. The van der Waals surface area contributed by atoms with Crippen molar-refractivity contribution in [3.05, 3.63) is 22.3 Å². The smallest absolute Gasteiger partial charge is 0.242 e. The van der Waals surface area contributed by atoms with Gasteiger partial charge in [0, 0.05) is 19.8 Å². The Morgan fingerprint density at radius 2 is 2.33 bits per heavy atom. The number of nitrogens with zero attached hydrogens (tertiary/aromatic N) is 2. The number of rotatable bonds is 2. The number of aromatic nitrogens is 1. The van der Waals surface area contributed by atoms with Gasteiger partial charge in [-0.15, -0.1) is 0 Å². The third-order valence-electron chi connectivity index (χ3n) is 3.28. The van der Waals surface area contributed by atoms with E-state index in [2.05, 4.69) is 31.1 Å². The van der Waals surface area contributed by atoms with Crippen LogP contribution < -0.4 is 10.2 Å². The van der Waals surface area contributed by atoms with Gasteiger partial charge in [-0.1, -0.05) is 0 Å². The summed E-state index contributed by atoms with van der Waals surface area (Å²) in [5.74, 6) is 0.942. The molecule has 1 saturated heterocycles. The first-order valence-electron chi connectivity index (χ1n) is 6.24. The average Bonchev–Trinajstić information content (AvgIpc) is 2.38. The van der Waals surface area contributed by atoms with E-state index in [1.54, 1.807) is 7.05 Å². The molecule has 0 bridgehead atoms. The Hall–Kier alpha value is -1.10. The highest BCUT2D eigenvalue weighted by molar-refractivity contribution is 9.10. The molecule has 2 rings (SSSR count). The molecule has 1 aromatic heterocycles. The maximum Gasteiger partial charge on any atom is 0.242 e. The van der Waals surface area contributed by atoms with Crippen molar-refractivity contribution in [3.8, 4) is 0 Å². The summed E-state index contributed by atoms with van der Waals surface area (Å²) in [4.78, 5) is 18.5. The van der Waals surface area contributed by atoms with E-state index in [0.717, 1.165) is 41.7 Å². The van der Waals surface area contributed by atoms with Crippen LogP contribution in [0.4, 0.5) is 5.82 Å². The van der Waals surface area contributed by atoms with Crippen LogP contribution >= 0.6 is 15.9 Å². The van der Waals surface area contributed by atoms with E-state index in [-0.39, 0.29) is 11.9 Å². The fraction of sp³-hybridized carbons (Fsp3) is 0.538. The first kappa shape index (κ1) is 13.3. The number of piperidine rings is 1. The van der Waals surface area contributed by atoms with Crippen molar-refractivity contribution in [3.63, 3.8) is 0 Å². The van der Waals surface area contributed by atoms with Crippen LogP contribution in [0.15, 0.2) is 16.7 Å². The number of amides is 1. The Morgan fingerprint density at radius 3 is 3.00 bits per heavy atom. The summed E-state index contributed by atoms with van der Waals surface area (Å²) >= 11 is 3.55. The van der Waals surface area contributed by atoms with Gasteiger partial charge in [0.05, 0.1) is 4.47 Å². The molecule has 1 aliphatic rings. The van der Waals surface area contributed by atoms with Crippen molar-refractivity contribution < 1.29 is 4.79 Å². The van der Waals surface area contributed by atoms with Gasteiger partial charge in [-0.2, -0.15) is 0 Å². The summed E-state index contributed by atoms with van der Waals surface area (Å²) in [6.45, 7) is 2.89. The molecule has 0 radical (unpaired) electrons. The number of likely N-dealkylation sites (N-methyl/N-ethyl adjacent to an activating group) is 1. The fourth-order valence-corrected chi connectivity index (χ4v) is 3.05. The third kappa shape index (κ3) is 2.66. The van der Waals surface area contributed by atoms with Gasteiger partial charge in [0.1, 0.15) is 11.9 Å². The summed E-state index contributed by atoms with van der Waals surface area (Å²) in [6, 6.07) is 1.94. The summed E-state index contributed by atoms with van der Waals surface area (Å²) in [6.07, 6.45) is 4.94. The zero-order chi connectivity index (χ0) is 13.1. The van der Waals surface area contributed by atoms with Crippen molar-refractivity contribution in [2.45, 2.75) is 32.2 Å². The van der Waals surface area contributed by atoms with E-state index < -0.39 is 0 Å². The molecule has 0 spiro atoms. The SMILES string of the molecule is CNC(=O)C1CCCCN1c1ncc(C)cc1Br. The largest absolute Gasteiger partial charge is 0.357 e. The molecule has 1 unspecified atom stereocenters. The first-order valence-corrected chi connectivity index (χ1v) is 7.03. The number of nitrogens with one attached hydrogen (secondary N) is 1. The first-order chi connectivity index (χ1) is 8.63. The molecule has 18 heavy (non-hydrogen) atoms. The Labute approximate surface area is 116 Å². The van der Waals surface area contributed by atoms with Crippen LogP contribution in [0.25, 0.3) is 0 Å². The van der Waals surface area contributed by atoms with E-state index in [9.17, 15) is 4.79 Å². The molecular formula is C13H18BrN3O. The molecule has 2 heterocycles. The Morgan fingerprint density at radius 1 is 1.56 bits per heavy atom. The quantitative estimate of drug-likeness (QED) is 0.911. The van der Waals surface area contributed by atoms with Crippen molar-refractivity contribution in [1.29, 1.82) is 0 Å². The Kier molecular flexibility index (Phi) is 4.22. The second kappa shape index (κ2) is 5.69. The normalized spacial score (nSPS) is 19.7. The lowest BCUT2D eigenvalue weighted by Gasteiger charge is -2.35. The van der Waals surface area contributed by atoms with Gasteiger partial charge in [0.15, 0.2) is 0 Å². The molecule has 0 aliphatic carbocycles. The van der Waals surface area contributed by atoms with Crippen LogP contribution in [0.5, 0.6) is 0 Å². The second-order valence-electron chi connectivity index (χ2n) is 4.64. The van der Waals surface area contributed by atoms with Gasteiger partial charge in [0.25, 0.3) is 0 Å². The number of anilines is 1. The highest BCUT2D eigenvalue weighted by atomic mass is 79.9. The summed E-state index contributed by atoms with van der Waals surface area (Å²) in [7, 11) is 1.69. The molecule has 1 amide bonds. The number of hydrogen-bond donors (Lipinski definition) is 1. The van der Waals surface area contributed by atoms with Crippen molar-refractivity contribution in [1.82, 2.24) is 10.3 Å². The van der Waals surface area contributed by atoms with Gasteiger partial charge < -0.3 is 10.2 Å². The lowest BCUT2D eigenvalue weighted by Crippen LogP contribution is -2.49. The molecule has 1 aromatic rings. The predicted octanol–water partition coefficient (Wildman–Crippen LogP) is 2.26. The maximum absolute atomic E-state index is 11.9. The highest BCUT2D eigenvalue weighted by Gasteiger charge is 2.29. The molecule has 1 fully saturated rings. The standard InChI is InChI=1S/C13H18BrN3O/c1-9-7-10(14)12(16-8-9)17-6-4-3-5-11(17)13(18)15-2/h7-8,11H,3-6H2,1-2H3,(H,15,18). The zero-order valence-electron chi connectivity index (χ0n) is 10.7. The molecule has 1 atom stereocenters. The van der Waals surface area contributed by atoms with Crippen LogP contribution in [-0.4, -0.2) is 30.5 Å². The van der Waals surface area contributed by atoms with Crippen LogP contribution in [0.2, 0.25) is 0 Å². The summed E-state index contributed by atoms with van der Waals surface area (Å²) < 4.78 is 0.957. The van der Waals surface area contributed by atoms with E-state index in [0.29, 0.717) is 0 Å². The molecule has 0 saturated carbocycles. The Bertz CT molecular complexity index is 450. The number of aryl methyl sites for hydroxylation is 1. The summed E-state index contributed by atoms with van der Waals surface area (Å²) in [5, 5.41) is 2.74. The zero-order valence-corrected chi connectivity index (χ0v) is 12.3. The maximum atomic E-state index is 11.9. The van der Waals surface area contributed by atoms with Gasteiger partial charge >= 0.3 is 0 Å². The van der Waals surface area contributed by atoms with Crippen LogP contribution in [-0.2, 0) is 4.79 Å². The van der Waals surface area contributed by atoms with Gasteiger partial charge in [0.2, 0.25) is 5.91 Å². The van der Waals surface area contributed by atoms with Crippen molar-refractivity contribution >= 4 is 27.7 Å². The topological polar surface area (TPSA) is 45.2 Å². The molecule has 1 N–H and O–H groups in total. The van der Waals surface area contributed by atoms with E-state index in [1.165, 1.54) is 0 Å². The van der Waals surface area contributed by atoms with Crippen LogP contribution in [0, 0.1) is 6.92 Å². The lowest BCUT2D eigenvalue weighted by molar-refractivity contribution is -0.122. The third-order valence-corrected chi connectivity index (χ3v) is 3.87. The molecular weight excluding hydrogens is 294 g/mol. The number of carbonyl (C=O) groups excluding carboxylic acids is 1. The molecule has 98 valence electrons. The number of carbonyl (C=O) groups is 1. The average molecular weight is 312 g/mol. The highest BCUT2D eigenvalue weighted by Crippen LogP contribution is 2.30. The number of hydrogen-bond acceptors (Lipinski definition) is 3. The summed E-state index contributed by atoms with van der Waals surface area (Å²) in [5.41, 5.74) is 1.11. The van der Waals surface area contributed by atoms with Gasteiger partial charge in [-0.25, -0.2) is 4.98 Å². The molecule has 4 nitrogen and oxygen atoms in total. The monoisotopic (exact) mass is 311 g/mol. The number of halogens is 1. The van der Waals surface area contributed by atoms with Crippen molar-refractivity contribution in [2.75, 3.05) is 18.5 Å². The van der Waals surface area contributed by atoms with Gasteiger partial charge in [-0.05, 0) is 53.7 Å². The second-order valence-corrected chi connectivity index (χ2v) is 5.49. The molecule has 0 aromatic carbocycles. The minimum atomic E-state index is -0.102. The van der Waals surface area contributed by atoms with Gasteiger partial charge in [-0.3, -0.25) is 4.79 Å². The minimum Gasteiger partial charge on any atom is -0.357 e. The van der Waals surface area contributed by atoms with Crippen molar-refractivity contribution in [2.24, 2.45) is 0 Å². The Balaban J connectivity index is 2.30. The minimum absolute atomic E-state index is 0.0731. The molecule has 5 heteroatoms. The van der Waals surface area contributed by atoms with E-state index >= 15 is 0 Å². The van der Waals surface area contributed by atoms with E-state index in [4.69, 9.17) is 0 Å². The lowest BCUT2D eigenvalue weighted by atomic mass is 10.0. The predicted molar refractivity (Wildman–Crippen MR) is 75.7 cm³/mol. The number of pyridine rings is 1. The van der Waals surface area contributed by atoms with E-state index in [1.807, 2.05) is 19.2 Å².